The van der Waals surface area contributed by atoms with Crippen LogP contribution in [0.4, 0.5) is 4.39 Å². The highest BCUT2D eigenvalue weighted by Crippen LogP contribution is 2.32. The number of hydrogen-bond donors (Lipinski definition) is 0. The van der Waals surface area contributed by atoms with E-state index in [9.17, 15) is 4.39 Å². The first-order chi connectivity index (χ1) is 9.54. The van der Waals surface area contributed by atoms with E-state index >= 15 is 0 Å². The van der Waals surface area contributed by atoms with Gasteiger partial charge >= 0.3 is 0 Å². The second-order valence-corrected chi connectivity index (χ2v) is 5.33. The highest BCUT2D eigenvalue weighted by Gasteiger charge is 2.11. The lowest BCUT2D eigenvalue weighted by molar-refractivity contribution is 0.628. The molecule has 3 aromatic rings. The molecule has 0 amide bonds. The Kier molecular flexibility index (Phi) is 3.50. The summed E-state index contributed by atoms with van der Waals surface area (Å²) >= 11 is 18.2. The van der Waals surface area contributed by atoms with Crippen molar-refractivity contribution in [1.82, 2.24) is 9.97 Å². The monoisotopic (exact) mass is 326 g/mol. The Balaban J connectivity index is 2.26. The summed E-state index contributed by atoms with van der Waals surface area (Å²) in [6.07, 6.45) is 0. The molecule has 0 atom stereocenters. The molecule has 0 spiro atoms. The van der Waals surface area contributed by atoms with Crippen molar-refractivity contribution in [3.63, 3.8) is 0 Å². The van der Waals surface area contributed by atoms with E-state index in [0.29, 0.717) is 32.3 Å². The van der Waals surface area contributed by atoms with Gasteiger partial charge in [0.25, 0.3) is 0 Å². The van der Waals surface area contributed by atoms with E-state index in [0.717, 1.165) is 0 Å². The summed E-state index contributed by atoms with van der Waals surface area (Å²) in [5, 5.41) is 1.68. The van der Waals surface area contributed by atoms with E-state index < -0.39 is 0 Å². The Morgan fingerprint density at radius 1 is 0.900 bits per heavy atom. The molecule has 1 heterocycles. The Hall–Kier alpha value is -1.42. The molecule has 6 heteroatoms. The van der Waals surface area contributed by atoms with Gasteiger partial charge < -0.3 is 0 Å². The molecule has 0 aliphatic carbocycles. The summed E-state index contributed by atoms with van der Waals surface area (Å²) in [7, 11) is 0. The minimum Gasteiger partial charge on any atom is -0.226 e. The Bertz CT molecular complexity index is 804. The summed E-state index contributed by atoms with van der Waals surface area (Å²) in [5.41, 5.74) is 1.16. The topological polar surface area (TPSA) is 25.8 Å². The number of aromatic nitrogens is 2. The molecule has 20 heavy (non-hydrogen) atoms. The largest absolute Gasteiger partial charge is 0.226 e. The van der Waals surface area contributed by atoms with Gasteiger partial charge in [0, 0.05) is 16.0 Å². The zero-order valence-electron chi connectivity index (χ0n) is 9.87. The summed E-state index contributed by atoms with van der Waals surface area (Å²) in [6, 6.07) is 9.07. The van der Waals surface area contributed by atoms with Crippen LogP contribution >= 0.6 is 34.8 Å². The minimum atomic E-state index is -0.328. The first kappa shape index (κ1) is 13.6. The van der Waals surface area contributed by atoms with E-state index in [4.69, 9.17) is 34.8 Å². The highest BCUT2D eigenvalue weighted by molar-refractivity contribution is 6.41. The fourth-order valence-corrected chi connectivity index (χ4v) is 2.61. The van der Waals surface area contributed by atoms with Crippen molar-refractivity contribution >= 4 is 45.7 Å². The molecule has 0 N–H and O–H groups in total. The van der Waals surface area contributed by atoms with Gasteiger partial charge in [-0.25, -0.2) is 14.4 Å². The second kappa shape index (κ2) is 5.17. The predicted octanol–water partition coefficient (Wildman–Crippen LogP) is 5.40. The van der Waals surface area contributed by atoms with E-state index in [1.807, 2.05) is 0 Å². The highest BCUT2D eigenvalue weighted by atomic mass is 35.5. The summed E-state index contributed by atoms with van der Waals surface area (Å²) < 4.78 is 12.9. The minimum absolute atomic E-state index is 0.249. The van der Waals surface area contributed by atoms with Gasteiger partial charge in [-0.15, -0.1) is 0 Å². The van der Waals surface area contributed by atoms with Crippen LogP contribution in [0, 0.1) is 5.82 Å². The van der Waals surface area contributed by atoms with Crippen LogP contribution in [0.1, 0.15) is 0 Å². The molecule has 2 nitrogen and oxygen atoms in total. The molecule has 0 fully saturated rings. The second-order valence-electron chi connectivity index (χ2n) is 4.13. The van der Waals surface area contributed by atoms with Gasteiger partial charge in [0.05, 0.1) is 10.5 Å². The average molecular weight is 328 g/mol. The molecule has 100 valence electrons. The van der Waals surface area contributed by atoms with Crippen LogP contribution in [-0.2, 0) is 0 Å². The van der Waals surface area contributed by atoms with Crippen LogP contribution in [0.2, 0.25) is 15.2 Å². The van der Waals surface area contributed by atoms with E-state index in [2.05, 4.69) is 9.97 Å². The number of hydrogen-bond acceptors (Lipinski definition) is 2. The van der Waals surface area contributed by atoms with E-state index in [-0.39, 0.29) is 11.0 Å². The van der Waals surface area contributed by atoms with Crippen LogP contribution < -0.4 is 0 Å². The van der Waals surface area contributed by atoms with Crippen molar-refractivity contribution in [2.45, 2.75) is 0 Å². The predicted molar refractivity (Wildman–Crippen MR) is 80.0 cm³/mol. The van der Waals surface area contributed by atoms with Crippen molar-refractivity contribution in [1.29, 1.82) is 0 Å². The number of halogens is 4. The maximum atomic E-state index is 12.9. The van der Waals surface area contributed by atoms with Crippen molar-refractivity contribution in [2.24, 2.45) is 0 Å². The first-order valence-corrected chi connectivity index (χ1v) is 6.76. The van der Waals surface area contributed by atoms with Crippen molar-refractivity contribution < 1.29 is 4.39 Å². The van der Waals surface area contributed by atoms with Crippen LogP contribution in [-0.4, -0.2) is 9.97 Å². The number of rotatable bonds is 1. The standard InChI is InChI=1S/C14H6Cl3FN2/c15-8-5-10-12(11(16)6-8)19-14(20-13(10)17)7-1-3-9(18)4-2-7/h1-6H. The Labute approximate surface area is 129 Å². The zero-order valence-corrected chi connectivity index (χ0v) is 12.1. The van der Waals surface area contributed by atoms with E-state index in [1.165, 1.54) is 12.1 Å². The lowest BCUT2D eigenvalue weighted by Crippen LogP contribution is -1.93. The Morgan fingerprint density at radius 2 is 1.60 bits per heavy atom. The summed E-state index contributed by atoms with van der Waals surface area (Å²) in [4.78, 5) is 8.57. The van der Waals surface area contributed by atoms with Gasteiger partial charge in [-0.2, -0.15) is 0 Å². The lowest BCUT2D eigenvalue weighted by atomic mass is 10.2. The van der Waals surface area contributed by atoms with Crippen molar-refractivity contribution in [2.75, 3.05) is 0 Å². The fraction of sp³-hybridized carbons (Fsp3) is 0. The number of nitrogens with zero attached hydrogens (tertiary/aromatic N) is 2. The van der Waals surface area contributed by atoms with Gasteiger partial charge in [0.1, 0.15) is 11.0 Å². The first-order valence-electron chi connectivity index (χ1n) is 5.63. The van der Waals surface area contributed by atoms with Gasteiger partial charge in [0.2, 0.25) is 0 Å². The van der Waals surface area contributed by atoms with Gasteiger partial charge in [0.15, 0.2) is 5.82 Å². The zero-order chi connectivity index (χ0) is 14.3. The smallest absolute Gasteiger partial charge is 0.161 e. The van der Waals surface area contributed by atoms with Crippen molar-refractivity contribution in [3.8, 4) is 11.4 Å². The molecule has 2 aromatic carbocycles. The third-order valence-electron chi connectivity index (χ3n) is 2.77. The molecule has 0 aliphatic rings. The molecule has 0 saturated carbocycles. The normalized spacial score (nSPS) is 11.0. The summed E-state index contributed by atoms with van der Waals surface area (Å²) in [6.45, 7) is 0. The van der Waals surface area contributed by atoms with Gasteiger partial charge in [-0.3, -0.25) is 0 Å². The molecule has 0 radical (unpaired) electrons. The van der Waals surface area contributed by atoms with Gasteiger partial charge in [-0.1, -0.05) is 34.8 Å². The summed E-state index contributed by atoms with van der Waals surface area (Å²) in [5.74, 6) is 0.0529. The van der Waals surface area contributed by atoms with Crippen LogP contribution in [0.25, 0.3) is 22.3 Å². The molecule has 1 aromatic heterocycles. The molecular weight excluding hydrogens is 322 g/mol. The third kappa shape index (κ3) is 2.44. The fourth-order valence-electron chi connectivity index (χ4n) is 1.85. The molecule has 3 rings (SSSR count). The quantitative estimate of drug-likeness (QED) is 0.560. The third-order valence-corrected chi connectivity index (χ3v) is 3.57. The van der Waals surface area contributed by atoms with Crippen LogP contribution in [0.3, 0.4) is 0 Å². The maximum Gasteiger partial charge on any atom is 0.161 e. The molecule has 0 bridgehead atoms. The SMILES string of the molecule is Fc1ccc(-c2nc(Cl)c3cc(Cl)cc(Cl)c3n2)cc1. The van der Waals surface area contributed by atoms with Crippen LogP contribution in [0.5, 0.6) is 0 Å². The molecule has 0 unspecified atom stereocenters. The van der Waals surface area contributed by atoms with Gasteiger partial charge in [-0.05, 0) is 36.4 Å². The van der Waals surface area contributed by atoms with Crippen LogP contribution in [0.15, 0.2) is 36.4 Å². The maximum absolute atomic E-state index is 12.9. The number of fused-ring (bicyclic) bond motifs is 1. The molecule has 0 aliphatic heterocycles. The van der Waals surface area contributed by atoms with E-state index in [1.54, 1.807) is 24.3 Å². The average Bonchev–Trinajstić information content (AvgIpc) is 2.40. The lowest BCUT2D eigenvalue weighted by Gasteiger charge is -2.06. The molecular formula is C14H6Cl3FN2. The van der Waals surface area contributed by atoms with Crippen molar-refractivity contribution in [3.05, 3.63) is 57.4 Å². The Morgan fingerprint density at radius 3 is 2.30 bits per heavy atom. The molecule has 0 saturated heterocycles. The number of benzene rings is 2.